The first-order valence-corrected chi connectivity index (χ1v) is 9.45. The average molecular weight is 402 g/mol. The lowest BCUT2D eigenvalue weighted by Gasteiger charge is -2.39. The highest BCUT2D eigenvalue weighted by Gasteiger charge is 2.44. The summed E-state index contributed by atoms with van der Waals surface area (Å²) in [6.07, 6.45) is -2.56. The third-order valence-corrected chi connectivity index (χ3v) is 4.85. The summed E-state index contributed by atoms with van der Waals surface area (Å²) in [6.45, 7) is -0.520. The third kappa shape index (κ3) is 5.22. The monoisotopic (exact) mass is 402 g/mol. The van der Waals surface area contributed by atoms with Gasteiger partial charge in [-0.05, 0) is 22.8 Å². The van der Waals surface area contributed by atoms with Crippen molar-refractivity contribution in [2.45, 2.75) is 37.1 Å². The number of ether oxygens (including phenoxy) is 2. The van der Waals surface area contributed by atoms with Gasteiger partial charge in [-0.1, -0.05) is 54.6 Å². The summed E-state index contributed by atoms with van der Waals surface area (Å²) in [6, 6.07) is 15.1. The van der Waals surface area contributed by atoms with Crippen LogP contribution in [0.3, 0.4) is 0 Å². The van der Waals surface area contributed by atoms with Crippen LogP contribution in [-0.4, -0.2) is 69.5 Å². The second kappa shape index (κ2) is 9.98. The van der Waals surface area contributed by atoms with E-state index in [1.807, 2.05) is 42.5 Å². The van der Waals surface area contributed by atoms with Crippen molar-refractivity contribution < 1.29 is 35.0 Å². The molecule has 1 aliphatic heterocycles. The van der Waals surface area contributed by atoms with Gasteiger partial charge in [-0.15, -0.1) is 0 Å². The van der Waals surface area contributed by atoms with Crippen molar-refractivity contribution in [3.8, 4) is 5.75 Å². The van der Waals surface area contributed by atoms with Crippen LogP contribution in [-0.2, 0) is 11.2 Å². The van der Waals surface area contributed by atoms with E-state index in [1.54, 1.807) is 18.2 Å². The minimum absolute atomic E-state index is 0.00951. The van der Waals surface area contributed by atoms with Crippen molar-refractivity contribution in [3.63, 3.8) is 0 Å². The molecule has 0 spiro atoms. The van der Waals surface area contributed by atoms with Crippen LogP contribution in [0.25, 0.3) is 6.08 Å². The zero-order valence-electron chi connectivity index (χ0n) is 15.8. The Morgan fingerprint density at radius 2 is 1.62 bits per heavy atom. The molecular weight excluding hydrogens is 376 g/mol. The largest absolute Gasteiger partial charge is 0.462 e. The molecule has 5 atom stereocenters. The normalized spacial score (nSPS) is 27.3. The molecule has 3 rings (SSSR count). The second-order valence-electron chi connectivity index (χ2n) is 6.93. The van der Waals surface area contributed by atoms with Gasteiger partial charge in [0.1, 0.15) is 30.2 Å². The number of hydrogen-bond donors (Lipinski definition) is 5. The van der Waals surface area contributed by atoms with Crippen molar-refractivity contribution in [2.24, 2.45) is 0 Å². The molecule has 1 fully saturated rings. The van der Waals surface area contributed by atoms with E-state index in [0.717, 1.165) is 16.7 Å². The molecule has 7 heteroatoms. The Balaban J connectivity index is 1.74. The Labute approximate surface area is 169 Å². The molecule has 0 radical (unpaired) electrons. The molecule has 0 unspecified atom stereocenters. The standard InChI is InChI=1S/C22H26O7/c23-11-3-4-14-7-9-15(10-8-14)12-16-5-1-2-6-17(16)28-22-21(27)20(26)19(25)18(13-24)29-22/h1-10,18-27H,11-13H2/b4-3+/t18-,19-,20+,21-,22+/m1/s1. The molecule has 1 heterocycles. The summed E-state index contributed by atoms with van der Waals surface area (Å²) in [4.78, 5) is 0. The van der Waals surface area contributed by atoms with E-state index in [-0.39, 0.29) is 6.61 Å². The number of aliphatic hydroxyl groups is 5. The Bertz CT molecular complexity index is 803. The molecule has 156 valence electrons. The second-order valence-corrected chi connectivity index (χ2v) is 6.93. The molecule has 7 nitrogen and oxygen atoms in total. The fraction of sp³-hybridized carbons (Fsp3) is 0.364. The van der Waals surface area contributed by atoms with Gasteiger partial charge in [0.25, 0.3) is 0 Å². The molecule has 0 bridgehead atoms. The molecule has 0 aliphatic carbocycles. The Kier molecular flexibility index (Phi) is 7.38. The van der Waals surface area contributed by atoms with Crippen molar-refractivity contribution >= 4 is 6.08 Å². The molecule has 1 saturated heterocycles. The highest BCUT2D eigenvalue weighted by atomic mass is 16.7. The van der Waals surface area contributed by atoms with E-state index in [1.165, 1.54) is 0 Å². The summed E-state index contributed by atoms with van der Waals surface area (Å²) in [5.41, 5.74) is 2.87. The molecule has 29 heavy (non-hydrogen) atoms. The van der Waals surface area contributed by atoms with Gasteiger partial charge in [0.2, 0.25) is 6.29 Å². The van der Waals surface area contributed by atoms with Crippen LogP contribution in [0.1, 0.15) is 16.7 Å². The molecule has 0 amide bonds. The fourth-order valence-electron chi connectivity index (χ4n) is 3.21. The van der Waals surface area contributed by atoms with Crippen molar-refractivity contribution in [1.82, 2.24) is 0 Å². The van der Waals surface area contributed by atoms with Crippen LogP contribution in [0.4, 0.5) is 0 Å². The van der Waals surface area contributed by atoms with Crippen molar-refractivity contribution in [3.05, 3.63) is 71.3 Å². The molecule has 2 aromatic carbocycles. The van der Waals surface area contributed by atoms with E-state index in [2.05, 4.69) is 0 Å². The van der Waals surface area contributed by atoms with E-state index in [0.29, 0.717) is 12.2 Å². The molecule has 2 aromatic rings. The van der Waals surface area contributed by atoms with Crippen molar-refractivity contribution in [2.75, 3.05) is 13.2 Å². The number of hydrogen-bond acceptors (Lipinski definition) is 7. The topological polar surface area (TPSA) is 120 Å². The van der Waals surface area contributed by atoms with Crippen LogP contribution in [0.5, 0.6) is 5.75 Å². The maximum atomic E-state index is 10.2. The van der Waals surface area contributed by atoms with Gasteiger partial charge in [-0.25, -0.2) is 0 Å². The van der Waals surface area contributed by atoms with E-state index >= 15 is 0 Å². The lowest BCUT2D eigenvalue weighted by atomic mass is 9.99. The number of rotatable bonds is 7. The predicted octanol–water partition coefficient (Wildman–Crippen LogP) is 0.462. The summed E-state index contributed by atoms with van der Waals surface area (Å²) in [5, 5.41) is 48.2. The first kappa shape index (κ1) is 21.4. The van der Waals surface area contributed by atoms with E-state index in [9.17, 15) is 20.4 Å². The van der Waals surface area contributed by atoms with Crippen LogP contribution >= 0.6 is 0 Å². The van der Waals surface area contributed by atoms with Gasteiger partial charge in [-0.2, -0.15) is 0 Å². The van der Waals surface area contributed by atoms with E-state index < -0.39 is 37.3 Å². The first-order chi connectivity index (χ1) is 14.0. The summed E-state index contributed by atoms with van der Waals surface area (Å²) < 4.78 is 11.2. The van der Waals surface area contributed by atoms with E-state index in [4.69, 9.17) is 14.6 Å². The maximum absolute atomic E-state index is 10.2. The summed E-state index contributed by atoms with van der Waals surface area (Å²) in [7, 11) is 0. The lowest BCUT2D eigenvalue weighted by Crippen LogP contribution is -2.60. The zero-order chi connectivity index (χ0) is 20.8. The zero-order valence-corrected chi connectivity index (χ0v) is 15.8. The van der Waals surface area contributed by atoms with Crippen LogP contribution in [0.15, 0.2) is 54.6 Å². The van der Waals surface area contributed by atoms with Gasteiger partial charge in [0.05, 0.1) is 13.2 Å². The Hall–Kier alpha value is -2.26. The Morgan fingerprint density at radius 1 is 0.897 bits per heavy atom. The lowest BCUT2D eigenvalue weighted by molar-refractivity contribution is -0.277. The summed E-state index contributed by atoms with van der Waals surface area (Å²) in [5.74, 6) is 0.473. The van der Waals surface area contributed by atoms with Gasteiger partial charge < -0.3 is 35.0 Å². The fourth-order valence-corrected chi connectivity index (χ4v) is 3.21. The third-order valence-electron chi connectivity index (χ3n) is 4.85. The molecule has 5 N–H and O–H groups in total. The molecule has 0 aromatic heterocycles. The first-order valence-electron chi connectivity index (χ1n) is 9.45. The number of para-hydroxylation sites is 1. The highest BCUT2D eigenvalue weighted by molar-refractivity contribution is 5.50. The minimum Gasteiger partial charge on any atom is -0.462 e. The van der Waals surface area contributed by atoms with Gasteiger partial charge in [0, 0.05) is 6.42 Å². The van der Waals surface area contributed by atoms with Gasteiger partial charge in [-0.3, -0.25) is 0 Å². The summed E-state index contributed by atoms with van der Waals surface area (Å²) >= 11 is 0. The average Bonchev–Trinajstić information content (AvgIpc) is 2.75. The highest BCUT2D eigenvalue weighted by Crippen LogP contribution is 2.28. The minimum atomic E-state index is -1.49. The predicted molar refractivity (Wildman–Crippen MR) is 106 cm³/mol. The van der Waals surface area contributed by atoms with Gasteiger partial charge in [0.15, 0.2) is 0 Å². The molecule has 0 saturated carbocycles. The SMILES string of the molecule is OC/C=C/c1ccc(Cc2ccccc2O[C@H]2O[C@H](CO)[C@@H](O)[C@H](O)[C@H]2O)cc1. The van der Waals surface area contributed by atoms with Crippen LogP contribution in [0.2, 0.25) is 0 Å². The molecule has 1 aliphatic rings. The maximum Gasteiger partial charge on any atom is 0.229 e. The van der Waals surface area contributed by atoms with Crippen LogP contribution < -0.4 is 4.74 Å². The smallest absolute Gasteiger partial charge is 0.229 e. The quantitative estimate of drug-likeness (QED) is 0.456. The number of benzene rings is 2. The molecular formula is C22H26O7. The van der Waals surface area contributed by atoms with Crippen LogP contribution in [0, 0.1) is 0 Å². The number of aliphatic hydroxyl groups excluding tert-OH is 5. The van der Waals surface area contributed by atoms with Gasteiger partial charge >= 0.3 is 0 Å². The van der Waals surface area contributed by atoms with Crippen molar-refractivity contribution in [1.29, 1.82) is 0 Å². The Morgan fingerprint density at radius 3 is 2.31 bits per heavy atom.